The van der Waals surface area contributed by atoms with Gasteiger partial charge in [-0.05, 0) is 31.9 Å². The van der Waals surface area contributed by atoms with Crippen molar-refractivity contribution in [1.82, 2.24) is 44.7 Å². The zero-order valence-electron chi connectivity index (χ0n) is 19.5. The molecule has 0 radical (unpaired) electrons. The van der Waals surface area contributed by atoms with Gasteiger partial charge in [-0.25, -0.2) is 24.3 Å². The van der Waals surface area contributed by atoms with Crippen molar-refractivity contribution < 1.29 is 9.18 Å². The second kappa shape index (κ2) is 8.01. The van der Waals surface area contributed by atoms with Crippen molar-refractivity contribution in [3.8, 4) is 28.5 Å². The fraction of sp³-hybridized carbons (Fsp3) is 0.160. The molecule has 1 saturated carbocycles. The highest BCUT2D eigenvalue weighted by Crippen LogP contribution is 2.34. The Bertz CT molecular complexity index is 1830. The monoisotopic (exact) mass is 494 g/mol. The topological polar surface area (TPSA) is 143 Å². The van der Waals surface area contributed by atoms with Gasteiger partial charge >= 0.3 is 0 Å². The minimum atomic E-state index is -0.523. The molecule has 0 saturated heterocycles. The lowest BCUT2D eigenvalue weighted by Crippen LogP contribution is -2.13. The Labute approximate surface area is 208 Å². The predicted molar refractivity (Wildman–Crippen MR) is 133 cm³/mol. The number of nitrogens with zero attached hydrogens (tertiary/aromatic N) is 7. The van der Waals surface area contributed by atoms with Crippen molar-refractivity contribution >= 4 is 33.7 Å². The number of hydrogen-bond acceptors (Lipinski definition) is 7. The third kappa shape index (κ3) is 3.61. The number of aromatic nitrogens is 9. The number of pyridine rings is 3. The number of hydrogen-bond donors (Lipinski definition) is 3. The molecule has 0 aromatic carbocycles. The van der Waals surface area contributed by atoms with Gasteiger partial charge < -0.3 is 10.3 Å². The summed E-state index contributed by atoms with van der Waals surface area (Å²) in [6.45, 7) is 1.89. The molecule has 1 aliphatic carbocycles. The van der Waals surface area contributed by atoms with Crippen molar-refractivity contribution in [2.24, 2.45) is 5.92 Å². The van der Waals surface area contributed by atoms with Crippen molar-refractivity contribution in [2.75, 3.05) is 5.32 Å². The molecule has 182 valence electrons. The molecule has 1 amide bonds. The lowest BCUT2D eigenvalue weighted by atomic mass is 10.1. The number of imidazole rings is 2. The highest BCUT2D eigenvalue weighted by Gasteiger charge is 2.29. The van der Waals surface area contributed by atoms with Gasteiger partial charge in [0.1, 0.15) is 23.4 Å². The average Bonchev–Trinajstić information content (AvgIpc) is 3.29. The maximum absolute atomic E-state index is 16.0. The second-order valence-electron chi connectivity index (χ2n) is 9.05. The first-order chi connectivity index (χ1) is 18.0. The number of anilines is 1. The predicted octanol–water partition coefficient (Wildman–Crippen LogP) is 3.94. The van der Waals surface area contributed by atoms with Crippen LogP contribution in [-0.4, -0.2) is 50.6 Å². The van der Waals surface area contributed by atoms with Gasteiger partial charge in [0, 0.05) is 41.8 Å². The summed E-state index contributed by atoms with van der Waals surface area (Å²) in [6, 6.07) is 3.48. The Hall–Kier alpha value is -5.00. The summed E-state index contributed by atoms with van der Waals surface area (Å²) >= 11 is 0. The minimum absolute atomic E-state index is 0.0456. The zero-order valence-corrected chi connectivity index (χ0v) is 19.5. The van der Waals surface area contributed by atoms with E-state index in [0.29, 0.717) is 34.1 Å². The summed E-state index contributed by atoms with van der Waals surface area (Å²) in [5.74, 6) is 0.467. The first kappa shape index (κ1) is 21.3. The number of aryl methyl sites for hydroxylation is 1. The summed E-state index contributed by atoms with van der Waals surface area (Å²) in [4.78, 5) is 37.4. The first-order valence-corrected chi connectivity index (χ1v) is 11.7. The molecule has 0 unspecified atom stereocenters. The van der Waals surface area contributed by atoms with E-state index in [1.165, 1.54) is 12.4 Å². The number of carbonyl (C=O) groups is 1. The van der Waals surface area contributed by atoms with Crippen LogP contribution >= 0.6 is 0 Å². The Morgan fingerprint density at radius 2 is 2.08 bits per heavy atom. The molecule has 37 heavy (non-hydrogen) atoms. The van der Waals surface area contributed by atoms with Crippen LogP contribution in [0.15, 0.2) is 49.4 Å². The standard InChI is InChI=1S/C25H19FN10O/c1-12-10-36(11-30-12)24-20-17(4-5-28-24)32-23(33-20)21-18-19(26)16(9-29-22(18)35-34-21)14-6-15(8-27-7-14)31-25(37)13-2-3-13/h4-11,13H,2-3H2,1H3,(H,31,37)(H,32,33)(H,29,34,35). The molecule has 12 heteroatoms. The van der Waals surface area contributed by atoms with Crippen LogP contribution in [0.1, 0.15) is 18.5 Å². The summed E-state index contributed by atoms with van der Waals surface area (Å²) in [6.07, 6.45) is 11.5. The van der Waals surface area contributed by atoms with E-state index in [1.807, 2.05) is 13.1 Å². The highest BCUT2D eigenvalue weighted by atomic mass is 19.1. The first-order valence-electron chi connectivity index (χ1n) is 11.7. The van der Waals surface area contributed by atoms with E-state index in [2.05, 4.69) is 40.4 Å². The maximum Gasteiger partial charge on any atom is 0.227 e. The minimum Gasteiger partial charge on any atom is -0.336 e. The van der Waals surface area contributed by atoms with Crippen LogP contribution < -0.4 is 5.32 Å². The maximum atomic E-state index is 16.0. The number of aromatic amines is 2. The number of carbonyl (C=O) groups excluding carboxylic acids is 1. The van der Waals surface area contributed by atoms with E-state index in [0.717, 1.165) is 24.1 Å². The fourth-order valence-electron chi connectivity index (χ4n) is 4.33. The summed E-state index contributed by atoms with van der Waals surface area (Å²) in [5, 5.41) is 10.1. The molecule has 0 atom stereocenters. The van der Waals surface area contributed by atoms with Crippen LogP contribution in [0, 0.1) is 18.7 Å². The number of fused-ring (bicyclic) bond motifs is 2. The molecule has 1 fully saturated rings. The smallest absolute Gasteiger partial charge is 0.227 e. The lowest BCUT2D eigenvalue weighted by Gasteiger charge is -2.08. The molecule has 0 bridgehead atoms. The number of H-pyrrole nitrogens is 2. The molecule has 1 aliphatic rings. The molecule has 0 aliphatic heterocycles. The van der Waals surface area contributed by atoms with E-state index in [9.17, 15) is 4.79 Å². The third-order valence-electron chi connectivity index (χ3n) is 6.36. The lowest BCUT2D eigenvalue weighted by molar-refractivity contribution is -0.117. The molecule has 3 N–H and O–H groups in total. The van der Waals surface area contributed by atoms with Gasteiger partial charge in [-0.2, -0.15) is 5.10 Å². The molecule has 6 aromatic rings. The molecule has 6 aromatic heterocycles. The van der Waals surface area contributed by atoms with Crippen molar-refractivity contribution in [3.05, 3.63) is 61.0 Å². The van der Waals surface area contributed by atoms with E-state index >= 15 is 4.39 Å². The van der Waals surface area contributed by atoms with Gasteiger partial charge in [0.25, 0.3) is 0 Å². The molecule has 11 nitrogen and oxygen atoms in total. The van der Waals surface area contributed by atoms with Gasteiger partial charge in [-0.3, -0.25) is 19.4 Å². The SMILES string of the molecule is Cc1cn(-c2nccc3[nH]c(-c4[nH]nc5ncc(-c6cncc(NC(=O)C7CC7)c6)c(F)c45)nc23)cn1. The highest BCUT2D eigenvalue weighted by molar-refractivity contribution is 5.96. The van der Waals surface area contributed by atoms with Gasteiger partial charge in [0.2, 0.25) is 5.91 Å². The van der Waals surface area contributed by atoms with Crippen LogP contribution in [-0.2, 0) is 4.79 Å². The largest absolute Gasteiger partial charge is 0.336 e. The number of nitrogens with one attached hydrogen (secondary N) is 3. The van der Waals surface area contributed by atoms with E-state index < -0.39 is 5.82 Å². The quantitative estimate of drug-likeness (QED) is 0.329. The van der Waals surface area contributed by atoms with Crippen molar-refractivity contribution in [2.45, 2.75) is 19.8 Å². The van der Waals surface area contributed by atoms with Crippen molar-refractivity contribution in [1.29, 1.82) is 0 Å². The van der Waals surface area contributed by atoms with Crippen LogP contribution in [0.2, 0.25) is 0 Å². The van der Waals surface area contributed by atoms with Crippen LogP contribution in [0.25, 0.3) is 50.5 Å². The van der Waals surface area contributed by atoms with Crippen LogP contribution in [0.3, 0.4) is 0 Å². The van der Waals surface area contributed by atoms with Gasteiger partial charge in [-0.1, -0.05) is 0 Å². The Morgan fingerprint density at radius 1 is 1.19 bits per heavy atom. The summed E-state index contributed by atoms with van der Waals surface area (Å²) in [7, 11) is 0. The normalized spacial score (nSPS) is 13.5. The molecular weight excluding hydrogens is 475 g/mol. The van der Waals surface area contributed by atoms with E-state index in [4.69, 9.17) is 4.98 Å². The Balaban J connectivity index is 1.32. The Kier molecular flexibility index (Phi) is 4.61. The third-order valence-corrected chi connectivity index (χ3v) is 6.36. The number of rotatable bonds is 5. The summed E-state index contributed by atoms with van der Waals surface area (Å²) < 4.78 is 17.8. The molecular formula is C25H19FN10O. The van der Waals surface area contributed by atoms with Crippen molar-refractivity contribution in [3.63, 3.8) is 0 Å². The number of halogens is 1. The van der Waals surface area contributed by atoms with Crippen LogP contribution in [0.5, 0.6) is 0 Å². The fourth-order valence-corrected chi connectivity index (χ4v) is 4.33. The zero-order chi connectivity index (χ0) is 25.1. The second-order valence-corrected chi connectivity index (χ2v) is 9.05. The molecule has 0 spiro atoms. The number of amides is 1. The van der Waals surface area contributed by atoms with Gasteiger partial charge in [0.15, 0.2) is 17.3 Å². The molecule has 6 heterocycles. The molecule has 7 rings (SSSR count). The van der Waals surface area contributed by atoms with Gasteiger partial charge in [-0.15, -0.1) is 0 Å². The van der Waals surface area contributed by atoms with E-state index in [-0.39, 0.29) is 28.4 Å². The Morgan fingerprint density at radius 3 is 2.89 bits per heavy atom. The summed E-state index contributed by atoms with van der Waals surface area (Å²) in [5.41, 5.74) is 3.97. The van der Waals surface area contributed by atoms with E-state index in [1.54, 1.807) is 35.4 Å². The van der Waals surface area contributed by atoms with Gasteiger partial charge in [0.05, 0.1) is 28.5 Å². The van der Waals surface area contributed by atoms with Crippen LogP contribution in [0.4, 0.5) is 10.1 Å². The average molecular weight is 494 g/mol.